The monoisotopic (exact) mass is 157 g/mol. The van der Waals surface area contributed by atoms with Crippen molar-refractivity contribution in [3.05, 3.63) is 12.7 Å². The van der Waals surface area contributed by atoms with Gasteiger partial charge in [0, 0.05) is 7.11 Å². The fourth-order valence-electron chi connectivity index (χ4n) is 1.25. The van der Waals surface area contributed by atoms with Gasteiger partial charge in [0.15, 0.2) is 0 Å². The summed E-state index contributed by atoms with van der Waals surface area (Å²) in [5.41, 5.74) is 0. The van der Waals surface area contributed by atoms with Crippen LogP contribution in [0.5, 0.6) is 0 Å². The van der Waals surface area contributed by atoms with Crippen molar-refractivity contribution in [2.45, 2.75) is 26.0 Å². The first-order chi connectivity index (χ1) is 5.17. The quantitative estimate of drug-likeness (QED) is 0.610. The maximum absolute atomic E-state index is 5.32. The molecule has 11 heavy (non-hydrogen) atoms. The molecule has 0 aliphatic heterocycles. The van der Waals surface area contributed by atoms with Crippen LogP contribution in [-0.2, 0) is 4.74 Å². The van der Waals surface area contributed by atoms with Crippen LogP contribution < -0.4 is 5.32 Å². The van der Waals surface area contributed by atoms with E-state index in [1.54, 1.807) is 7.11 Å². The Kier molecular flexibility index (Phi) is 5.16. The summed E-state index contributed by atoms with van der Waals surface area (Å²) in [6.45, 7) is 8.02. The standard InChI is InChI=1S/C9H19NO/c1-6-8(10-4)9(11-5)7(2)3/h6-10H,1H2,2-5H3. The Morgan fingerprint density at radius 3 is 2.09 bits per heavy atom. The van der Waals surface area contributed by atoms with Crippen molar-refractivity contribution in [1.29, 1.82) is 0 Å². The summed E-state index contributed by atoms with van der Waals surface area (Å²) in [5.74, 6) is 0.510. The van der Waals surface area contributed by atoms with Gasteiger partial charge in [0.05, 0.1) is 12.1 Å². The molecule has 0 aromatic carbocycles. The normalized spacial score (nSPS) is 16.5. The van der Waals surface area contributed by atoms with Crippen LogP contribution in [0, 0.1) is 5.92 Å². The molecule has 0 saturated heterocycles. The van der Waals surface area contributed by atoms with E-state index in [1.807, 2.05) is 13.1 Å². The van der Waals surface area contributed by atoms with Crippen LogP contribution in [0.2, 0.25) is 0 Å². The van der Waals surface area contributed by atoms with Crippen molar-refractivity contribution < 1.29 is 4.74 Å². The number of likely N-dealkylation sites (N-methyl/N-ethyl adjacent to an activating group) is 1. The molecule has 0 radical (unpaired) electrons. The van der Waals surface area contributed by atoms with Crippen LogP contribution >= 0.6 is 0 Å². The van der Waals surface area contributed by atoms with E-state index in [0.717, 1.165) is 0 Å². The second kappa shape index (κ2) is 5.33. The smallest absolute Gasteiger partial charge is 0.0782 e. The summed E-state index contributed by atoms with van der Waals surface area (Å²) in [6.07, 6.45) is 2.10. The van der Waals surface area contributed by atoms with E-state index in [0.29, 0.717) is 5.92 Å². The molecule has 2 nitrogen and oxygen atoms in total. The minimum atomic E-state index is 0.220. The molecule has 0 amide bonds. The molecule has 0 aliphatic carbocycles. The zero-order valence-corrected chi connectivity index (χ0v) is 7.92. The molecule has 0 spiro atoms. The second-order valence-electron chi connectivity index (χ2n) is 2.99. The molecule has 0 bridgehead atoms. The maximum Gasteiger partial charge on any atom is 0.0782 e. The van der Waals surface area contributed by atoms with Crippen molar-refractivity contribution >= 4 is 0 Å². The van der Waals surface area contributed by atoms with Crippen molar-refractivity contribution in [3.63, 3.8) is 0 Å². The van der Waals surface area contributed by atoms with Crippen LogP contribution in [0.25, 0.3) is 0 Å². The Morgan fingerprint density at radius 2 is 2.00 bits per heavy atom. The van der Waals surface area contributed by atoms with Gasteiger partial charge in [0.2, 0.25) is 0 Å². The van der Waals surface area contributed by atoms with Crippen molar-refractivity contribution in [3.8, 4) is 0 Å². The average molecular weight is 157 g/mol. The Bertz CT molecular complexity index is 112. The average Bonchev–Trinajstić information content (AvgIpc) is 1.99. The highest BCUT2D eigenvalue weighted by atomic mass is 16.5. The van der Waals surface area contributed by atoms with Gasteiger partial charge in [0.1, 0.15) is 0 Å². The van der Waals surface area contributed by atoms with Crippen LogP contribution in [0.1, 0.15) is 13.8 Å². The van der Waals surface area contributed by atoms with Gasteiger partial charge in [-0.15, -0.1) is 6.58 Å². The third kappa shape index (κ3) is 3.04. The van der Waals surface area contributed by atoms with Crippen molar-refractivity contribution in [1.82, 2.24) is 5.32 Å². The molecule has 0 fully saturated rings. The molecular weight excluding hydrogens is 138 g/mol. The van der Waals surface area contributed by atoms with E-state index in [2.05, 4.69) is 25.7 Å². The topological polar surface area (TPSA) is 21.3 Å². The lowest BCUT2D eigenvalue weighted by Crippen LogP contribution is -2.40. The van der Waals surface area contributed by atoms with E-state index in [4.69, 9.17) is 4.74 Å². The highest BCUT2D eigenvalue weighted by Gasteiger charge is 2.19. The zero-order chi connectivity index (χ0) is 8.85. The fraction of sp³-hybridized carbons (Fsp3) is 0.778. The van der Waals surface area contributed by atoms with Crippen molar-refractivity contribution in [2.24, 2.45) is 5.92 Å². The molecule has 0 aromatic heterocycles. The number of hydrogen-bond acceptors (Lipinski definition) is 2. The lowest BCUT2D eigenvalue weighted by Gasteiger charge is -2.25. The first kappa shape index (κ1) is 10.7. The summed E-state index contributed by atoms with van der Waals surface area (Å²) in [5, 5.41) is 3.14. The number of methoxy groups -OCH3 is 1. The number of rotatable bonds is 5. The van der Waals surface area contributed by atoms with E-state index in [-0.39, 0.29) is 12.1 Å². The third-order valence-electron chi connectivity index (χ3n) is 1.87. The fourth-order valence-corrected chi connectivity index (χ4v) is 1.25. The third-order valence-corrected chi connectivity index (χ3v) is 1.87. The zero-order valence-electron chi connectivity index (χ0n) is 7.92. The van der Waals surface area contributed by atoms with Gasteiger partial charge in [0.25, 0.3) is 0 Å². The molecule has 0 aromatic rings. The summed E-state index contributed by atoms with van der Waals surface area (Å²) in [7, 11) is 3.65. The molecule has 2 atom stereocenters. The summed E-state index contributed by atoms with van der Waals surface area (Å²) in [6, 6.07) is 0.250. The lowest BCUT2D eigenvalue weighted by molar-refractivity contribution is 0.0479. The molecule has 2 unspecified atom stereocenters. The van der Waals surface area contributed by atoms with Gasteiger partial charge in [-0.05, 0) is 13.0 Å². The largest absolute Gasteiger partial charge is 0.379 e. The van der Waals surface area contributed by atoms with Gasteiger partial charge in [-0.1, -0.05) is 19.9 Å². The van der Waals surface area contributed by atoms with Gasteiger partial charge in [-0.25, -0.2) is 0 Å². The summed E-state index contributed by atoms with van der Waals surface area (Å²) >= 11 is 0. The predicted molar refractivity (Wildman–Crippen MR) is 48.7 cm³/mol. The van der Waals surface area contributed by atoms with Crippen LogP contribution in [-0.4, -0.2) is 26.3 Å². The van der Waals surface area contributed by atoms with E-state index in [9.17, 15) is 0 Å². The van der Waals surface area contributed by atoms with Gasteiger partial charge in [-0.3, -0.25) is 0 Å². The SMILES string of the molecule is C=CC(NC)C(OC)C(C)C. The second-order valence-corrected chi connectivity index (χ2v) is 2.99. The number of ether oxygens (including phenoxy) is 1. The Balaban J connectivity index is 4.08. The Hall–Kier alpha value is -0.340. The molecule has 0 rings (SSSR count). The molecule has 1 N–H and O–H groups in total. The molecule has 0 heterocycles. The first-order valence-corrected chi connectivity index (χ1v) is 4.00. The lowest BCUT2D eigenvalue weighted by atomic mass is 10.00. The van der Waals surface area contributed by atoms with Gasteiger partial charge < -0.3 is 10.1 Å². The van der Waals surface area contributed by atoms with Crippen LogP contribution in [0.15, 0.2) is 12.7 Å². The molecule has 0 saturated carbocycles. The Morgan fingerprint density at radius 1 is 1.45 bits per heavy atom. The van der Waals surface area contributed by atoms with E-state index < -0.39 is 0 Å². The van der Waals surface area contributed by atoms with Gasteiger partial charge >= 0.3 is 0 Å². The predicted octanol–water partition coefficient (Wildman–Crippen LogP) is 1.43. The van der Waals surface area contributed by atoms with E-state index >= 15 is 0 Å². The van der Waals surface area contributed by atoms with Gasteiger partial charge in [-0.2, -0.15) is 0 Å². The van der Waals surface area contributed by atoms with Crippen LogP contribution in [0.4, 0.5) is 0 Å². The maximum atomic E-state index is 5.32. The number of hydrogen-bond donors (Lipinski definition) is 1. The van der Waals surface area contributed by atoms with Crippen molar-refractivity contribution in [2.75, 3.05) is 14.2 Å². The first-order valence-electron chi connectivity index (χ1n) is 4.00. The highest BCUT2D eigenvalue weighted by Crippen LogP contribution is 2.10. The molecular formula is C9H19NO. The highest BCUT2D eigenvalue weighted by molar-refractivity contribution is 4.92. The molecule has 0 aliphatic rings. The molecule has 66 valence electrons. The van der Waals surface area contributed by atoms with Crippen LogP contribution in [0.3, 0.4) is 0 Å². The molecule has 2 heteroatoms. The Labute approximate surface area is 69.6 Å². The number of nitrogens with one attached hydrogen (secondary N) is 1. The minimum Gasteiger partial charge on any atom is -0.379 e. The summed E-state index contributed by atoms with van der Waals surface area (Å²) < 4.78 is 5.32. The minimum absolute atomic E-state index is 0.220. The summed E-state index contributed by atoms with van der Waals surface area (Å²) in [4.78, 5) is 0. The van der Waals surface area contributed by atoms with E-state index in [1.165, 1.54) is 0 Å².